The van der Waals surface area contributed by atoms with E-state index in [0.717, 1.165) is 19.6 Å². The first kappa shape index (κ1) is 43.3. The largest absolute Gasteiger partial charge is 0.457 e. The molecule has 0 saturated heterocycles. The molecule has 0 aromatic heterocycles. The minimum Gasteiger partial charge on any atom is -0.457 e. The zero-order chi connectivity index (χ0) is 47.3. The smallest absolute Gasteiger partial charge is 0.258 e. The second-order valence-corrected chi connectivity index (χ2v) is 14.7. The van der Waals surface area contributed by atoms with Gasteiger partial charge in [-0.3, -0.25) is 38.4 Å². The van der Waals surface area contributed by atoms with E-state index in [4.69, 9.17) is 18.9 Å². The molecule has 0 unspecified atom stereocenters. The van der Waals surface area contributed by atoms with Crippen molar-refractivity contribution in [3.8, 4) is 46.0 Å². The number of ether oxygens (including phenoxy) is 4. The number of carbonyl (C=O) groups is 8. The summed E-state index contributed by atoms with van der Waals surface area (Å²) in [6, 6.07) is 40.3. The zero-order valence-electron chi connectivity index (χ0n) is 35.2. The van der Waals surface area contributed by atoms with Crippen LogP contribution in [0.1, 0.15) is 0 Å². The average molecular weight is 905 g/mol. The lowest BCUT2D eigenvalue weighted by molar-refractivity contribution is -0.121. The molecule has 6 aromatic rings. The lowest BCUT2D eigenvalue weighted by Gasteiger charge is -2.16. The molecule has 332 valence electrons. The maximum absolute atomic E-state index is 11.9. The summed E-state index contributed by atoms with van der Waals surface area (Å²) in [6.45, 7) is 0. The number of rotatable bonds is 12. The molecule has 10 rings (SSSR count). The third kappa shape index (κ3) is 9.45. The second kappa shape index (κ2) is 18.6. The number of amides is 8. The van der Waals surface area contributed by atoms with Crippen molar-refractivity contribution in [1.29, 1.82) is 0 Å². The molecule has 4 aliphatic heterocycles. The number of nitrogens with zero attached hydrogens (tertiary/aromatic N) is 4. The van der Waals surface area contributed by atoms with E-state index in [1.807, 2.05) is 0 Å². The van der Waals surface area contributed by atoms with Gasteiger partial charge in [-0.05, 0) is 97.1 Å². The van der Waals surface area contributed by atoms with Gasteiger partial charge in [0.1, 0.15) is 46.0 Å². The molecule has 0 fully saturated rings. The third-order valence-corrected chi connectivity index (χ3v) is 10.1. The Morgan fingerprint density at radius 3 is 0.721 bits per heavy atom. The van der Waals surface area contributed by atoms with Gasteiger partial charge in [-0.25, -0.2) is 19.6 Å². The van der Waals surface area contributed by atoms with Crippen LogP contribution in [0.25, 0.3) is 0 Å². The highest BCUT2D eigenvalue weighted by atomic mass is 16.5. The molecule has 6 aromatic carbocycles. The minimum absolute atomic E-state index is 0.383. The van der Waals surface area contributed by atoms with Gasteiger partial charge < -0.3 is 18.9 Å². The summed E-state index contributed by atoms with van der Waals surface area (Å²) < 4.78 is 23.5. The summed E-state index contributed by atoms with van der Waals surface area (Å²) in [5.41, 5.74) is 1.73. The molecule has 0 atom stereocenters. The molecule has 0 spiro atoms. The number of carbonyl (C=O) groups excluding carboxylic acids is 8. The van der Waals surface area contributed by atoms with Crippen LogP contribution in [0.2, 0.25) is 0 Å². The van der Waals surface area contributed by atoms with Crippen LogP contribution < -0.4 is 38.5 Å². The van der Waals surface area contributed by atoms with Crippen LogP contribution in [0, 0.1) is 0 Å². The van der Waals surface area contributed by atoms with Crippen molar-refractivity contribution in [2.24, 2.45) is 0 Å². The van der Waals surface area contributed by atoms with Gasteiger partial charge in [-0.1, -0.05) is 24.3 Å². The van der Waals surface area contributed by atoms with E-state index < -0.39 is 23.6 Å². The fourth-order valence-corrected chi connectivity index (χ4v) is 7.06. The summed E-state index contributed by atoms with van der Waals surface area (Å²) in [5, 5.41) is 0. The second-order valence-electron chi connectivity index (χ2n) is 14.7. The van der Waals surface area contributed by atoms with Crippen LogP contribution in [0.3, 0.4) is 0 Å². The van der Waals surface area contributed by atoms with E-state index in [-0.39, 0.29) is 23.6 Å². The molecule has 16 heteroatoms. The highest BCUT2D eigenvalue weighted by Crippen LogP contribution is 2.34. The number of hydrogen-bond donors (Lipinski definition) is 0. The highest BCUT2D eigenvalue weighted by molar-refractivity contribution is 6.30. The Morgan fingerprint density at radius 2 is 0.441 bits per heavy atom. The molecule has 0 radical (unpaired) electrons. The Kier molecular flexibility index (Phi) is 11.9. The van der Waals surface area contributed by atoms with Gasteiger partial charge in [0.05, 0.1) is 22.7 Å². The predicted octanol–water partition coefficient (Wildman–Crippen LogP) is 8.26. The topological polar surface area (TPSA) is 186 Å². The highest BCUT2D eigenvalue weighted by Gasteiger charge is 2.28. The standard InChI is InChI=1S/2C26H16N2O6/c29-23-10-11-24(30)27(23)17-4-1-6-19(14-17)33-21-8-3-9-22(16-21)34-20-7-2-5-18(15-20)28-25(31)12-13-26(28)32;29-23-12-13-24(30)27(23)17-4-8-19(9-5-17)33-21-2-1-3-22(16-21)34-20-10-6-18(7-11-20)28-25(31)14-15-26(28)32/h2*1-16H. The van der Waals surface area contributed by atoms with Crippen molar-refractivity contribution in [1.82, 2.24) is 0 Å². The lowest BCUT2D eigenvalue weighted by atomic mass is 10.2. The van der Waals surface area contributed by atoms with Crippen molar-refractivity contribution in [3.05, 3.63) is 194 Å². The van der Waals surface area contributed by atoms with E-state index in [0.29, 0.717) is 68.7 Å². The number of benzene rings is 6. The van der Waals surface area contributed by atoms with Gasteiger partial charge in [0.15, 0.2) is 0 Å². The molecule has 0 bridgehead atoms. The summed E-state index contributed by atoms with van der Waals surface area (Å²) >= 11 is 0. The third-order valence-electron chi connectivity index (χ3n) is 10.1. The van der Waals surface area contributed by atoms with Crippen LogP contribution >= 0.6 is 0 Å². The van der Waals surface area contributed by atoms with Crippen LogP contribution in [-0.2, 0) is 38.4 Å². The zero-order valence-corrected chi connectivity index (χ0v) is 35.2. The van der Waals surface area contributed by atoms with E-state index in [1.165, 1.54) is 48.6 Å². The normalized spacial score (nSPS) is 14.9. The molecule has 68 heavy (non-hydrogen) atoms. The van der Waals surface area contributed by atoms with Gasteiger partial charge in [0, 0.05) is 72.9 Å². The van der Waals surface area contributed by atoms with E-state index in [1.54, 1.807) is 146 Å². The van der Waals surface area contributed by atoms with Crippen LogP contribution in [0.4, 0.5) is 22.7 Å². The van der Waals surface area contributed by atoms with Crippen LogP contribution in [-0.4, -0.2) is 47.3 Å². The van der Waals surface area contributed by atoms with Crippen molar-refractivity contribution in [2.45, 2.75) is 0 Å². The number of anilines is 4. The maximum atomic E-state index is 11.9. The first-order valence-corrected chi connectivity index (χ1v) is 20.5. The van der Waals surface area contributed by atoms with Crippen molar-refractivity contribution >= 4 is 70.0 Å². The Labute approximate surface area is 386 Å². The summed E-state index contributed by atoms with van der Waals surface area (Å²) in [6.07, 6.45) is 9.80. The van der Waals surface area contributed by atoms with Crippen molar-refractivity contribution in [3.63, 3.8) is 0 Å². The summed E-state index contributed by atoms with van der Waals surface area (Å²) in [4.78, 5) is 99.2. The maximum Gasteiger partial charge on any atom is 0.258 e. The van der Waals surface area contributed by atoms with Gasteiger partial charge in [-0.2, -0.15) is 0 Å². The lowest BCUT2D eigenvalue weighted by Crippen LogP contribution is -2.29. The quantitative estimate of drug-likeness (QED) is 0.107. The summed E-state index contributed by atoms with van der Waals surface area (Å²) in [5.74, 6) is 0.725. The molecule has 16 nitrogen and oxygen atoms in total. The molecule has 4 heterocycles. The van der Waals surface area contributed by atoms with Crippen molar-refractivity contribution in [2.75, 3.05) is 19.6 Å². The van der Waals surface area contributed by atoms with Gasteiger partial charge in [-0.15, -0.1) is 0 Å². The Bertz CT molecular complexity index is 2930. The molecule has 0 saturated carbocycles. The van der Waals surface area contributed by atoms with E-state index in [2.05, 4.69) is 0 Å². The van der Waals surface area contributed by atoms with E-state index in [9.17, 15) is 38.4 Å². The molecule has 0 N–H and O–H groups in total. The molecular weight excluding hydrogens is 873 g/mol. The van der Waals surface area contributed by atoms with Crippen LogP contribution in [0.5, 0.6) is 46.0 Å². The Morgan fingerprint density at radius 1 is 0.221 bits per heavy atom. The first-order valence-electron chi connectivity index (χ1n) is 20.5. The summed E-state index contributed by atoms with van der Waals surface area (Å²) in [7, 11) is 0. The Hall–Kier alpha value is -9.96. The van der Waals surface area contributed by atoms with Gasteiger partial charge in [0.25, 0.3) is 47.3 Å². The number of imide groups is 4. The number of hydrogen-bond acceptors (Lipinski definition) is 12. The molecule has 0 aliphatic carbocycles. The van der Waals surface area contributed by atoms with Crippen LogP contribution in [0.15, 0.2) is 194 Å². The van der Waals surface area contributed by atoms with E-state index >= 15 is 0 Å². The van der Waals surface area contributed by atoms with Gasteiger partial charge >= 0.3 is 0 Å². The van der Waals surface area contributed by atoms with Crippen molar-refractivity contribution < 1.29 is 57.3 Å². The molecule has 4 aliphatic rings. The first-order chi connectivity index (χ1) is 32.9. The SMILES string of the molecule is O=C1C=CC(=O)N1c1ccc(Oc2cccc(Oc3ccc(N4C(=O)C=CC4=O)cc3)c2)cc1.O=C1C=CC(=O)N1c1cccc(Oc2cccc(Oc3cccc(N4C(=O)C=CC4=O)c3)c2)c1. The monoisotopic (exact) mass is 904 g/mol. The average Bonchev–Trinajstić information content (AvgIpc) is 4.07. The molecule has 8 amide bonds. The molecular formula is C52H32N4O12. The minimum atomic E-state index is -0.409. The fourth-order valence-electron chi connectivity index (χ4n) is 7.06. The van der Waals surface area contributed by atoms with Gasteiger partial charge in [0.2, 0.25) is 0 Å². The Balaban J connectivity index is 0.000000170. The fraction of sp³-hybridized carbons (Fsp3) is 0. The predicted molar refractivity (Wildman–Crippen MR) is 245 cm³/mol.